The second-order valence-electron chi connectivity index (χ2n) is 6.37. The molecule has 4 heteroatoms. The highest BCUT2D eigenvalue weighted by molar-refractivity contribution is 9.10. The van der Waals surface area contributed by atoms with E-state index >= 15 is 0 Å². The topological polar surface area (TPSA) is 29.5 Å². The van der Waals surface area contributed by atoms with Crippen LogP contribution >= 0.6 is 15.9 Å². The lowest BCUT2D eigenvalue weighted by molar-refractivity contribution is -0.139. The normalized spacial score (nSPS) is 21.4. The van der Waals surface area contributed by atoms with Gasteiger partial charge in [-0.25, -0.2) is 0 Å². The average molecular weight is 376 g/mol. The Bertz CT molecular complexity index is 706. The summed E-state index contributed by atoms with van der Waals surface area (Å²) in [4.78, 5) is 14.5. The minimum Gasteiger partial charge on any atom is -0.484 e. The monoisotopic (exact) mass is 375 g/mol. The quantitative estimate of drug-likeness (QED) is 0.772. The Hall–Kier alpha value is -1.55. The van der Waals surface area contributed by atoms with E-state index in [9.17, 15) is 4.79 Å². The third kappa shape index (κ3) is 3.69. The van der Waals surface area contributed by atoms with Crippen LogP contribution in [0.15, 0.2) is 40.9 Å². The second kappa shape index (κ2) is 6.91. The summed E-state index contributed by atoms with van der Waals surface area (Å²) in [6, 6.07) is 12.7. The third-order valence-corrected chi connectivity index (χ3v) is 5.11. The number of nitrogens with zero attached hydrogens (tertiary/aromatic N) is 1. The fraction of sp³-hybridized carbons (Fsp3) is 0.421. The van der Waals surface area contributed by atoms with Crippen molar-refractivity contribution < 1.29 is 9.53 Å². The summed E-state index contributed by atoms with van der Waals surface area (Å²) in [5, 5.41) is 2.26. The van der Waals surface area contributed by atoms with E-state index in [1.807, 2.05) is 35.2 Å². The van der Waals surface area contributed by atoms with Gasteiger partial charge in [0, 0.05) is 16.6 Å². The van der Waals surface area contributed by atoms with Crippen molar-refractivity contribution in [1.29, 1.82) is 0 Å². The van der Waals surface area contributed by atoms with E-state index in [0.717, 1.165) is 33.8 Å². The number of carbonyl (C=O) groups is 1. The van der Waals surface area contributed by atoms with Crippen LogP contribution in [0.25, 0.3) is 10.8 Å². The molecule has 0 saturated carbocycles. The number of likely N-dealkylation sites (tertiary alicyclic amines) is 1. The Balaban J connectivity index is 1.67. The third-order valence-electron chi connectivity index (χ3n) is 4.62. The first kappa shape index (κ1) is 16.3. The summed E-state index contributed by atoms with van der Waals surface area (Å²) in [7, 11) is 0. The van der Waals surface area contributed by atoms with Crippen LogP contribution in [-0.2, 0) is 4.79 Å². The predicted octanol–water partition coefficient (Wildman–Crippen LogP) is 4.77. The fourth-order valence-electron chi connectivity index (χ4n) is 3.42. The van der Waals surface area contributed by atoms with Gasteiger partial charge in [0.15, 0.2) is 6.61 Å². The van der Waals surface area contributed by atoms with Gasteiger partial charge in [0.25, 0.3) is 5.91 Å². The van der Waals surface area contributed by atoms with E-state index in [-0.39, 0.29) is 12.5 Å². The molecule has 1 amide bonds. The van der Waals surface area contributed by atoms with Crippen LogP contribution in [0.2, 0.25) is 0 Å². The van der Waals surface area contributed by atoms with E-state index in [4.69, 9.17) is 4.74 Å². The Morgan fingerprint density at radius 2 is 1.78 bits per heavy atom. The number of hydrogen-bond acceptors (Lipinski definition) is 2. The van der Waals surface area contributed by atoms with E-state index in [1.165, 1.54) is 6.42 Å². The number of benzene rings is 2. The molecule has 0 spiro atoms. The van der Waals surface area contributed by atoms with Gasteiger partial charge in [-0.1, -0.05) is 28.1 Å². The predicted molar refractivity (Wildman–Crippen MR) is 96.8 cm³/mol. The molecule has 1 aliphatic rings. The number of amides is 1. The van der Waals surface area contributed by atoms with Crippen LogP contribution in [0, 0.1) is 0 Å². The van der Waals surface area contributed by atoms with Gasteiger partial charge in [0.2, 0.25) is 0 Å². The molecule has 2 unspecified atom stereocenters. The number of fused-ring (bicyclic) bond motifs is 1. The van der Waals surface area contributed by atoms with Gasteiger partial charge in [-0.15, -0.1) is 0 Å². The minimum absolute atomic E-state index is 0.0839. The van der Waals surface area contributed by atoms with E-state index in [1.54, 1.807) is 0 Å². The molecule has 1 heterocycles. The molecule has 23 heavy (non-hydrogen) atoms. The van der Waals surface area contributed by atoms with Crippen molar-refractivity contribution >= 4 is 32.6 Å². The van der Waals surface area contributed by atoms with E-state index < -0.39 is 0 Å². The summed E-state index contributed by atoms with van der Waals surface area (Å²) in [5.41, 5.74) is 0. The summed E-state index contributed by atoms with van der Waals surface area (Å²) in [6.07, 6.45) is 3.37. The molecule has 122 valence electrons. The standard InChI is InChI=1S/C19H22BrNO2/c1-13-4-3-5-14(2)21(13)19(22)12-23-18-9-7-15-10-17(20)8-6-16(15)11-18/h6-11,13-14H,3-5,12H2,1-2H3. The second-order valence-corrected chi connectivity index (χ2v) is 7.29. The Morgan fingerprint density at radius 1 is 1.13 bits per heavy atom. The molecule has 2 atom stereocenters. The fourth-order valence-corrected chi connectivity index (χ4v) is 3.80. The largest absolute Gasteiger partial charge is 0.484 e. The zero-order chi connectivity index (χ0) is 16.4. The van der Waals surface area contributed by atoms with Gasteiger partial charge in [-0.05, 0) is 68.1 Å². The molecule has 0 radical (unpaired) electrons. The molecule has 1 aliphatic heterocycles. The average Bonchev–Trinajstić information content (AvgIpc) is 2.52. The Labute approximate surface area is 145 Å². The SMILES string of the molecule is CC1CCCC(C)N1C(=O)COc1ccc2cc(Br)ccc2c1. The van der Waals surface area contributed by atoms with Crippen LogP contribution in [0.1, 0.15) is 33.1 Å². The van der Waals surface area contributed by atoms with Gasteiger partial charge < -0.3 is 9.64 Å². The number of hydrogen-bond donors (Lipinski definition) is 0. The first-order chi connectivity index (χ1) is 11.0. The lowest BCUT2D eigenvalue weighted by atomic mass is 9.97. The smallest absolute Gasteiger partial charge is 0.260 e. The van der Waals surface area contributed by atoms with Crippen LogP contribution < -0.4 is 4.74 Å². The van der Waals surface area contributed by atoms with Crippen LogP contribution in [0.4, 0.5) is 0 Å². The van der Waals surface area contributed by atoms with Gasteiger partial charge in [-0.3, -0.25) is 4.79 Å². The lowest BCUT2D eigenvalue weighted by Crippen LogP contribution is -2.49. The Morgan fingerprint density at radius 3 is 2.52 bits per heavy atom. The lowest BCUT2D eigenvalue weighted by Gasteiger charge is -2.38. The van der Waals surface area contributed by atoms with Crippen molar-refractivity contribution in [2.24, 2.45) is 0 Å². The maximum atomic E-state index is 12.5. The highest BCUT2D eigenvalue weighted by Gasteiger charge is 2.28. The Kier molecular flexibility index (Phi) is 4.90. The van der Waals surface area contributed by atoms with Gasteiger partial charge in [0.1, 0.15) is 5.75 Å². The molecule has 2 aromatic carbocycles. The number of halogens is 1. The van der Waals surface area contributed by atoms with Crippen molar-refractivity contribution in [1.82, 2.24) is 4.90 Å². The van der Waals surface area contributed by atoms with Gasteiger partial charge >= 0.3 is 0 Å². The molecular formula is C19H22BrNO2. The number of rotatable bonds is 3. The molecule has 0 N–H and O–H groups in total. The molecule has 3 rings (SSSR count). The highest BCUT2D eigenvalue weighted by Crippen LogP contribution is 2.25. The first-order valence-corrected chi connectivity index (χ1v) is 8.97. The van der Waals surface area contributed by atoms with Crippen molar-refractivity contribution in [3.8, 4) is 5.75 Å². The molecule has 3 nitrogen and oxygen atoms in total. The van der Waals surface area contributed by atoms with Crippen LogP contribution in [0.3, 0.4) is 0 Å². The van der Waals surface area contributed by atoms with Crippen molar-refractivity contribution in [2.75, 3.05) is 6.61 Å². The van der Waals surface area contributed by atoms with E-state index in [2.05, 4.69) is 35.8 Å². The van der Waals surface area contributed by atoms with Gasteiger partial charge in [0.05, 0.1) is 0 Å². The number of piperidine rings is 1. The van der Waals surface area contributed by atoms with Crippen LogP contribution in [0.5, 0.6) is 5.75 Å². The zero-order valence-electron chi connectivity index (χ0n) is 13.6. The number of ether oxygens (including phenoxy) is 1. The highest BCUT2D eigenvalue weighted by atomic mass is 79.9. The maximum Gasteiger partial charge on any atom is 0.260 e. The zero-order valence-corrected chi connectivity index (χ0v) is 15.2. The van der Waals surface area contributed by atoms with Crippen LogP contribution in [-0.4, -0.2) is 29.5 Å². The summed E-state index contributed by atoms with van der Waals surface area (Å²) in [5.74, 6) is 0.825. The molecule has 0 aromatic heterocycles. The summed E-state index contributed by atoms with van der Waals surface area (Å²) < 4.78 is 6.81. The van der Waals surface area contributed by atoms with Crippen molar-refractivity contribution in [3.05, 3.63) is 40.9 Å². The van der Waals surface area contributed by atoms with Gasteiger partial charge in [-0.2, -0.15) is 0 Å². The molecule has 2 aromatic rings. The summed E-state index contributed by atoms with van der Waals surface area (Å²) in [6.45, 7) is 4.36. The van der Waals surface area contributed by atoms with Crippen molar-refractivity contribution in [3.63, 3.8) is 0 Å². The molecule has 0 aliphatic carbocycles. The molecule has 1 saturated heterocycles. The molecule has 0 bridgehead atoms. The molecular weight excluding hydrogens is 354 g/mol. The number of carbonyl (C=O) groups excluding carboxylic acids is 1. The molecule has 1 fully saturated rings. The maximum absolute atomic E-state index is 12.5. The summed E-state index contributed by atoms with van der Waals surface area (Å²) >= 11 is 3.47. The van der Waals surface area contributed by atoms with Crippen molar-refractivity contribution in [2.45, 2.75) is 45.2 Å². The first-order valence-electron chi connectivity index (χ1n) is 8.18. The van der Waals surface area contributed by atoms with E-state index in [0.29, 0.717) is 12.1 Å². The minimum atomic E-state index is 0.0839.